The van der Waals surface area contributed by atoms with E-state index in [1.807, 2.05) is 12.1 Å². The van der Waals surface area contributed by atoms with E-state index in [0.29, 0.717) is 19.7 Å². The summed E-state index contributed by atoms with van der Waals surface area (Å²) in [6.07, 6.45) is 0. The van der Waals surface area contributed by atoms with E-state index in [0.717, 1.165) is 33.9 Å². The minimum Gasteiger partial charge on any atom is -0.454 e. The monoisotopic (exact) mass is 325 g/mol. The fraction of sp³-hybridized carbons (Fsp3) is 0.278. The second-order valence-corrected chi connectivity index (χ2v) is 5.76. The van der Waals surface area contributed by atoms with Crippen LogP contribution in [0.4, 0.5) is 0 Å². The van der Waals surface area contributed by atoms with Crippen LogP contribution in [0.3, 0.4) is 0 Å². The number of nitrogens with two attached hydrogens (primary N) is 1. The molecule has 0 saturated heterocycles. The molecule has 2 aromatic carbocycles. The molecule has 0 fully saturated rings. The summed E-state index contributed by atoms with van der Waals surface area (Å²) >= 11 is 0. The summed E-state index contributed by atoms with van der Waals surface area (Å²) in [6.45, 7) is 1.96. The second kappa shape index (κ2) is 6.14. The average Bonchev–Trinajstić information content (AvgIpc) is 3.18. The topological polar surface area (TPSA) is 71.5 Å². The molecule has 124 valence electrons. The fourth-order valence-electron chi connectivity index (χ4n) is 2.94. The van der Waals surface area contributed by atoms with Gasteiger partial charge in [0.2, 0.25) is 6.79 Å². The van der Waals surface area contributed by atoms with Crippen LogP contribution in [0.25, 0.3) is 11.0 Å². The Kier molecular flexibility index (Phi) is 3.84. The molecule has 0 saturated carbocycles. The maximum Gasteiger partial charge on any atom is 0.231 e. The van der Waals surface area contributed by atoms with Crippen LogP contribution in [0.5, 0.6) is 11.5 Å². The third-order valence-corrected chi connectivity index (χ3v) is 4.19. The van der Waals surface area contributed by atoms with Crippen LogP contribution in [0.2, 0.25) is 0 Å². The normalized spacial score (nSPS) is 12.9. The maximum absolute atomic E-state index is 5.67. The molecule has 0 radical (unpaired) electrons. The zero-order valence-electron chi connectivity index (χ0n) is 13.5. The Balaban J connectivity index is 1.77. The van der Waals surface area contributed by atoms with Crippen molar-refractivity contribution in [2.45, 2.75) is 19.7 Å². The molecule has 1 aliphatic rings. The van der Waals surface area contributed by atoms with E-state index in [-0.39, 0.29) is 6.79 Å². The molecule has 1 aliphatic heterocycles. The van der Waals surface area contributed by atoms with E-state index in [4.69, 9.17) is 24.9 Å². The van der Waals surface area contributed by atoms with Crippen LogP contribution in [-0.2, 0) is 24.4 Å². The SMILES string of the molecule is COCc1nc2cc3c(cc2n1Cc1ccc(CN)cc1)OCO3. The number of ether oxygens (including phenoxy) is 3. The Labute approximate surface area is 139 Å². The lowest BCUT2D eigenvalue weighted by Crippen LogP contribution is -2.06. The van der Waals surface area contributed by atoms with Crippen LogP contribution in [-0.4, -0.2) is 23.5 Å². The molecule has 0 unspecified atom stereocenters. The van der Waals surface area contributed by atoms with Gasteiger partial charge >= 0.3 is 0 Å². The van der Waals surface area contributed by atoms with E-state index < -0.39 is 0 Å². The summed E-state index contributed by atoms with van der Waals surface area (Å²) < 4.78 is 18.4. The van der Waals surface area contributed by atoms with Gasteiger partial charge in [0.25, 0.3) is 0 Å². The highest BCUT2D eigenvalue weighted by Gasteiger charge is 2.19. The lowest BCUT2D eigenvalue weighted by molar-refractivity contribution is 0.173. The smallest absolute Gasteiger partial charge is 0.231 e. The first kappa shape index (κ1) is 15.0. The molecule has 0 aliphatic carbocycles. The van der Waals surface area contributed by atoms with Gasteiger partial charge in [0.05, 0.1) is 11.0 Å². The largest absolute Gasteiger partial charge is 0.454 e. The highest BCUT2D eigenvalue weighted by molar-refractivity contribution is 5.81. The summed E-state index contributed by atoms with van der Waals surface area (Å²) in [4.78, 5) is 4.69. The maximum atomic E-state index is 5.67. The van der Waals surface area contributed by atoms with E-state index in [9.17, 15) is 0 Å². The van der Waals surface area contributed by atoms with Crippen molar-refractivity contribution in [3.63, 3.8) is 0 Å². The van der Waals surface area contributed by atoms with Crippen molar-refractivity contribution in [2.75, 3.05) is 13.9 Å². The van der Waals surface area contributed by atoms with E-state index in [1.54, 1.807) is 7.11 Å². The summed E-state index contributed by atoms with van der Waals surface area (Å²) in [5, 5.41) is 0. The summed E-state index contributed by atoms with van der Waals surface area (Å²) in [6, 6.07) is 12.2. The highest BCUT2D eigenvalue weighted by atomic mass is 16.7. The van der Waals surface area contributed by atoms with E-state index in [2.05, 4.69) is 28.8 Å². The van der Waals surface area contributed by atoms with Gasteiger partial charge in [-0.1, -0.05) is 24.3 Å². The van der Waals surface area contributed by atoms with Crippen LogP contribution < -0.4 is 15.2 Å². The Bertz CT molecular complexity index is 871. The number of nitrogens with zero attached hydrogens (tertiary/aromatic N) is 2. The predicted octanol–water partition coefficient (Wildman–Crippen LogP) is 2.42. The molecule has 3 aromatic rings. The van der Waals surface area contributed by atoms with Crippen molar-refractivity contribution >= 4 is 11.0 Å². The van der Waals surface area contributed by atoms with Crippen LogP contribution in [0, 0.1) is 0 Å². The number of hydrogen-bond acceptors (Lipinski definition) is 5. The zero-order chi connectivity index (χ0) is 16.5. The predicted molar refractivity (Wildman–Crippen MR) is 90.0 cm³/mol. The number of hydrogen-bond donors (Lipinski definition) is 1. The van der Waals surface area contributed by atoms with Gasteiger partial charge in [0.1, 0.15) is 12.4 Å². The molecule has 1 aromatic heterocycles. The first-order valence-electron chi connectivity index (χ1n) is 7.84. The van der Waals surface area contributed by atoms with Crippen LogP contribution >= 0.6 is 0 Å². The minimum absolute atomic E-state index is 0.257. The molecule has 2 N–H and O–H groups in total. The molecule has 24 heavy (non-hydrogen) atoms. The van der Waals surface area contributed by atoms with Crippen molar-refractivity contribution in [1.29, 1.82) is 0 Å². The Morgan fingerprint density at radius 3 is 2.54 bits per heavy atom. The number of fused-ring (bicyclic) bond motifs is 2. The third-order valence-electron chi connectivity index (χ3n) is 4.19. The first-order valence-corrected chi connectivity index (χ1v) is 7.84. The third kappa shape index (κ3) is 2.60. The zero-order valence-corrected chi connectivity index (χ0v) is 13.5. The van der Waals surface area contributed by atoms with Gasteiger partial charge < -0.3 is 24.5 Å². The lowest BCUT2D eigenvalue weighted by Gasteiger charge is -2.10. The van der Waals surface area contributed by atoms with Gasteiger partial charge in [-0.15, -0.1) is 0 Å². The molecule has 0 spiro atoms. The van der Waals surface area contributed by atoms with Crippen molar-refractivity contribution in [3.8, 4) is 11.5 Å². The Morgan fingerprint density at radius 1 is 1.12 bits per heavy atom. The number of aromatic nitrogens is 2. The molecular weight excluding hydrogens is 306 g/mol. The van der Waals surface area contributed by atoms with Gasteiger partial charge in [-0.25, -0.2) is 4.98 Å². The van der Waals surface area contributed by atoms with Crippen molar-refractivity contribution in [2.24, 2.45) is 5.73 Å². The Hall–Kier alpha value is -2.57. The van der Waals surface area contributed by atoms with Crippen LogP contribution in [0.15, 0.2) is 36.4 Å². The molecule has 2 heterocycles. The van der Waals surface area contributed by atoms with Crippen molar-refractivity contribution in [3.05, 3.63) is 53.3 Å². The van der Waals surface area contributed by atoms with Gasteiger partial charge in [-0.05, 0) is 11.1 Å². The number of rotatable bonds is 5. The van der Waals surface area contributed by atoms with Gasteiger partial charge in [0.15, 0.2) is 11.5 Å². The molecule has 6 heteroatoms. The first-order chi connectivity index (χ1) is 11.8. The van der Waals surface area contributed by atoms with Gasteiger partial charge in [0, 0.05) is 32.3 Å². The molecule has 6 nitrogen and oxygen atoms in total. The average molecular weight is 325 g/mol. The van der Waals surface area contributed by atoms with Crippen LogP contribution in [0.1, 0.15) is 17.0 Å². The molecule has 0 atom stereocenters. The standard InChI is InChI=1S/C18H19N3O3/c1-22-10-18-20-14-6-16-17(24-11-23-16)7-15(14)21(18)9-13-4-2-12(8-19)3-5-13/h2-7H,8-11,19H2,1H3. The number of methoxy groups -OCH3 is 1. The van der Waals surface area contributed by atoms with E-state index >= 15 is 0 Å². The van der Waals surface area contributed by atoms with Gasteiger partial charge in [-0.3, -0.25) is 0 Å². The van der Waals surface area contributed by atoms with Crippen molar-refractivity contribution < 1.29 is 14.2 Å². The summed E-state index contributed by atoms with van der Waals surface area (Å²) in [7, 11) is 1.67. The minimum atomic E-state index is 0.257. The van der Waals surface area contributed by atoms with E-state index in [1.165, 1.54) is 5.56 Å². The van der Waals surface area contributed by atoms with Crippen molar-refractivity contribution in [1.82, 2.24) is 9.55 Å². The number of imidazole rings is 1. The van der Waals surface area contributed by atoms with Gasteiger partial charge in [-0.2, -0.15) is 0 Å². The lowest BCUT2D eigenvalue weighted by atomic mass is 10.1. The highest BCUT2D eigenvalue weighted by Crippen LogP contribution is 2.36. The fourth-order valence-corrected chi connectivity index (χ4v) is 2.94. The quantitative estimate of drug-likeness (QED) is 0.780. The molecule has 0 bridgehead atoms. The number of benzene rings is 2. The Morgan fingerprint density at radius 2 is 1.83 bits per heavy atom. The summed E-state index contributed by atoms with van der Waals surface area (Å²) in [5.74, 6) is 2.37. The second-order valence-electron chi connectivity index (χ2n) is 5.76. The molecular formula is C18H19N3O3. The summed E-state index contributed by atoms with van der Waals surface area (Å²) in [5.41, 5.74) is 9.86. The molecule has 4 rings (SSSR count). The molecule has 0 amide bonds.